The summed E-state index contributed by atoms with van der Waals surface area (Å²) in [6.45, 7) is 0. The summed E-state index contributed by atoms with van der Waals surface area (Å²) in [6.07, 6.45) is 1.64. The third-order valence-electron chi connectivity index (χ3n) is 5.47. The first-order chi connectivity index (χ1) is 17.1. The van der Waals surface area contributed by atoms with Crippen LogP contribution in [-0.4, -0.2) is 30.1 Å². The molecule has 1 N–H and O–H groups in total. The molecule has 0 bridgehead atoms. The van der Waals surface area contributed by atoms with Gasteiger partial charge in [-0.1, -0.05) is 6.07 Å². The minimum absolute atomic E-state index is 0. The highest BCUT2D eigenvalue weighted by Gasteiger charge is 2.14. The number of rotatable bonds is 6. The van der Waals surface area contributed by atoms with Gasteiger partial charge in [-0.25, -0.2) is 9.37 Å². The van der Waals surface area contributed by atoms with Gasteiger partial charge >= 0.3 is 0 Å². The highest BCUT2D eigenvalue weighted by Crippen LogP contribution is 2.36. The Morgan fingerprint density at radius 3 is 2.40 bits per heavy atom. The Morgan fingerprint density at radius 1 is 0.857 bits per heavy atom. The zero-order chi connectivity index (χ0) is 24.4. The molecule has 0 spiro atoms. The fourth-order valence-electron chi connectivity index (χ4n) is 3.77. The minimum Gasteiger partial charge on any atom is -0.493 e. The number of nitrogens with zero attached hydrogens (tertiary/aromatic N) is 2. The topological polar surface area (TPSA) is 82.6 Å². The standard InChI is InChI=1S/C27H20FN3O4.H2/c1-33-24-14-20-22(15-25(24)34-2)29-13-12-23(20)35-26-11-10-18-19(4-3-5-21(18)31-26)27(32)30-17-8-6-16(28)7-9-17;/h3-15H,1-2H3,(H,30,32);1H. The number of pyridine rings is 2. The lowest BCUT2D eigenvalue weighted by Gasteiger charge is -2.12. The van der Waals surface area contributed by atoms with Crippen molar-refractivity contribution in [3.8, 4) is 23.1 Å². The van der Waals surface area contributed by atoms with Crippen molar-refractivity contribution in [3.05, 3.63) is 90.4 Å². The number of ether oxygens (including phenoxy) is 3. The van der Waals surface area contributed by atoms with Crippen molar-refractivity contribution in [2.75, 3.05) is 19.5 Å². The number of hydrogen-bond donors (Lipinski definition) is 1. The molecular weight excluding hydrogens is 449 g/mol. The van der Waals surface area contributed by atoms with Gasteiger partial charge in [0.25, 0.3) is 5.91 Å². The van der Waals surface area contributed by atoms with Gasteiger partial charge in [0.15, 0.2) is 11.5 Å². The number of aromatic nitrogens is 2. The summed E-state index contributed by atoms with van der Waals surface area (Å²) in [7, 11) is 3.13. The van der Waals surface area contributed by atoms with E-state index < -0.39 is 0 Å². The van der Waals surface area contributed by atoms with E-state index in [2.05, 4.69) is 15.3 Å². The molecule has 0 fully saturated rings. The van der Waals surface area contributed by atoms with E-state index in [1.807, 2.05) is 0 Å². The van der Waals surface area contributed by atoms with Crippen LogP contribution in [0, 0.1) is 5.82 Å². The summed E-state index contributed by atoms with van der Waals surface area (Å²) in [5.41, 5.74) is 2.21. The van der Waals surface area contributed by atoms with E-state index >= 15 is 0 Å². The van der Waals surface area contributed by atoms with Crippen LogP contribution >= 0.6 is 0 Å². The Kier molecular flexibility index (Phi) is 5.85. The smallest absolute Gasteiger partial charge is 0.256 e. The molecule has 2 heterocycles. The van der Waals surface area contributed by atoms with E-state index in [9.17, 15) is 9.18 Å². The fourth-order valence-corrected chi connectivity index (χ4v) is 3.77. The van der Waals surface area contributed by atoms with Gasteiger partial charge in [-0.05, 0) is 54.6 Å². The number of methoxy groups -OCH3 is 2. The number of fused-ring (bicyclic) bond motifs is 2. The normalized spacial score (nSPS) is 10.8. The van der Waals surface area contributed by atoms with Crippen LogP contribution in [0.3, 0.4) is 0 Å². The van der Waals surface area contributed by atoms with Crippen LogP contribution < -0.4 is 19.5 Å². The van der Waals surface area contributed by atoms with Gasteiger partial charge in [0.05, 0.1) is 25.3 Å². The summed E-state index contributed by atoms with van der Waals surface area (Å²) in [5.74, 6) is 1.34. The van der Waals surface area contributed by atoms with Gasteiger partial charge < -0.3 is 19.5 Å². The number of anilines is 1. The lowest BCUT2D eigenvalue weighted by Crippen LogP contribution is -2.12. The first-order valence-electron chi connectivity index (χ1n) is 10.7. The summed E-state index contributed by atoms with van der Waals surface area (Å²) < 4.78 is 30.0. The number of halogens is 1. The van der Waals surface area contributed by atoms with Crippen molar-refractivity contribution in [2.45, 2.75) is 0 Å². The molecule has 0 radical (unpaired) electrons. The van der Waals surface area contributed by atoms with E-state index in [0.717, 1.165) is 5.39 Å². The number of amides is 1. The molecule has 0 aliphatic rings. The molecule has 1 amide bonds. The molecular formula is C27H22FN3O4. The van der Waals surface area contributed by atoms with Crippen LogP contribution in [-0.2, 0) is 0 Å². The van der Waals surface area contributed by atoms with Crippen molar-refractivity contribution in [1.82, 2.24) is 9.97 Å². The van der Waals surface area contributed by atoms with Gasteiger partial charge in [0.1, 0.15) is 11.6 Å². The molecule has 0 saturated heterocycles. The average Bonchev–Trinajstić information content (AvgIpc) is 2.88. The zero-order valence-corrected chi connectivity index (χ0v) is 18.9. The SMILES string of the molecule is COc1cc2nccc(Oc3ccc4c(C(=O)Nc5ccc(F)cc5)cccc4n3)c2cc1OC.[HH]. The van der Waals surface area contributed by atoms with Crippen molar-refractivity contribution in [2.24, 2.45) is 0 Å². The summed E-state index contributed by atoms with van der Waals surface area (Å²) in [4.78, 5) is 21.8. The Morgan fingerprint density at radius 2 is 1.63 bits per heavy atom. The molecule has 0 aliphatic heterocycles. The second-order valence-electron chi connectivity index (χ2n) is 7.62. The number of carbonyl (C=O) groups excluding carboxylic acids is 1. The Bertz CT molecular complexity index is 1560. The predicted molar refractivity (Wildman–Crippen MR) is 133 cm³/mol. The van der Waals surface area contributed by atoms with Crippen LogP contribution in [0.5, 0.6) is 23.1 Å². The Hall–Kier alpha value is -4.72. The van der Waals surface area contributed by atoms with E-state index in [1.165, 1.54) is 24.3 Å². The number of hydrogen-bond acceptors (Lipinski definition) is 6. The van der Waals surface area contributed by atoms with Crippen molar-refractivity contribution < 1.29 is 24.8 Å². The van der Waals surface area contributed by atoms with E-state index in [-0.39, 0.29) is 13.2 Å². The number of benzene rings is 3. The highest BCUT2D eigenvalue weighted by atomic mass is 19.1. The predicted octanol–water partition coefficient (Wildman–Crippen LogP) is 6.23. The molecule has 35 heavy (non-hydrogen) atoms. The van der Waals surface area contributed by atoms with Crippen LogP contribution in [0.2, 0.25) is 0 Å². The van der Waals surface area contributed by atoms with E-state index in [1.54, 1.807) is 68.9 Å². The first kappa shape index (κ1) is 22.1. The fraction of sp³-hybridized carbons (Fsp3) is 0.0741. The molecule has 0 unspecified atom stereocenters. The molecule has 5 aromatic rings. The highest BCUT2D eigenvalue weighted by molar-refractivity contribution is 6.12. The Labute approximate surface area is 201 Å². The van der Waals surface area contributed by atoms with Gasteiger partial charge in [-0.2, -0.15) is 0 Å². The maximum atomic E-state index is 13.2. The van der Waals surface area contributed by atoms with Gasteiger partial charge in [0.2, 0.25) is 5.88 Å². The molecule has 0 saturated carbocycles. The van der Waals surface area contributed by atoms with Gasteiger partial charge in [0, 0.05) is 41.8 Å². The van der Waals surface area contributed by atoms with E-state index in [4.69, 9.17) is 14.2 Å². The van der Waals surface area contributed by atoms with E-state index in [0.29, 0.717) is 50.8 Å². The molecule has 176 valence electrons. The van der Waals surface area contributed by atoms with Crippen LogP contribution in [0.4, 0.5) is 10.1 Å². The van der Waals surface area contributed by atoms with Crippen LogP contribution in [0.15, 0.2) is 79.0 Å². The molecule has 7 nitrogen and oxygen atoms in total. The maximum Gasteiger partial charge on any atom is 0.256 e. The monoisotopic (exact) mass is 471 g/mol. The average molecular weight is 471 g/mol. The zero-order valence-electron chi connectivity index (χ0n) is 18.9. The largest absolute Gasteiger partial charge is 0.493 e. The van der Waals surface area contributed by atoms with Crippen LogP contribution in [0.25, 0.3) is 21.8 Å². The van der Waals surface area contributed by atoms with Crippen molar-refractivity contribution in [1.29, 1.82) is 0 Å². The molecule has 0 aliphatic carbocycles. The number of carbonyl (C=O) groups is 1. The lowest BCUT2D eigenvalue weighted by molar-refractivity contribution is 0.102. The summed E-state index contributed by atoms with van der Waals surface area (Å²) >= 11 is 0. The molecule has 0 atom stereocenters. The second-order valence-corrected chi connectivity index (χ2v) is 7.62. The van der Waals surface area contributed by atoms with Crippen LogP contribution in [0.1, 0.15) is 11.8 Å². The summed E-state index contributed by atoms with van der Waals surface area (Å²) in [5, 5.41) is 4.17. The molecule has 3 aromatic carbocycles. The third kappa shape index (κ3) is 4.41. The molecule has 8 heteroatoms. The lowest BCUT2D eigenvalue weighted by atomic mass is 10.1. The summed E-state index contributed by atoms with van der Waals surface area (Å²) in [6, 6.07) is 19.7. The molecule has 5 rings (SSSR count). The molecule has 2 aromatic heterocycles. The quantitative estimate of drug-likeness (QED) is 0.316. The van der Waals surface area contributed by atoms with Crippen molar-refractivity contribution >= 4 is 33.4 Å². The van der Waals surface area contributed by atoms with Gasteiger partial charge in [-0.15, -0.1) is 0 Å². The Balaban J connectivity index is 0.00000304. The maximum absolute atomic E-state index is 13.2. The third-order valence-corrected chi connectivity index (χ3v) is 5.47. The van der Waals surface area contributed by atoms with Crippen molar-refractivity contribution in [3.63, 3.8) is 0 Å². The minimum atomic E-state index is -0.371. The number of nitrogens with one attached hydrogen (secondary N) is 1. The second kappa shape index (κ2) is 9.26. The first-order valence-corrected chi connectivity index (χ1v) is 10.7. The van der Waals surface area contributed by atoms with Gasteiger partial charge in [-0.3, -0.25) is 9.78 Å².